The number of thioether (sulfide) groups is 1. The summed E-state index contributed by atoms with van der Waals surface area (Å²) < 4.78 is 0. The summed E-state index contributed by atoms with van der Waals surface area (Å²) in [4.78, 5) is 0. The molecule has 0 spiro atoms. The summed E-state index contributed by atoms with van der Waals surface area (Å²) in [5, 5.41) is 13.2. The molecule has 1 saturated carbocycles. The molecule has 1 rings (SSSR count). The highest BCUT2D eigenvalue weighted by Gasteiger charge is 2.21. The molecule has 1 fully saturated rings. The Morgan fingerprint density at radius 2 is 2.07 bits per heavy atom. The van der Waals surface area contributed by atoms with Gasteiger partial charge in [-0.2, -0.15) is 17.0 Å². The van der Waals surface area contributed by atoms with E-state index >= 15 is 0 Å². The molecule has 1 aliphatic carbocycles. The van der Waals surface area contributed by atoms with Crippen LogP contribution in [0, 0.1) is 11.3 Å². The van der Waals surface area contributed by atoms with Crippen molar-refractivity contribution in [1.82, 2.24) is 5.32 Å². The van der Waals surface area contributed by atoms with Gasteiger partial charge in [-0.3, -0.25) is 0 Å². The molecule has 86 valence electrons. The lowest BCUT2D eigenvalue weighted by Crippen LogP contribution is -2.40. The molecule has 2 nitrogen and oxygen atoms in total. The van der Waals surface area contributed by atoms with Crippen LogP contribution in [0.4, 0.5) is 0 Å². The zero-order valence-electron chi connectivity index (χ0n) is 9.83. The molecule has 1 unspecified atom stereocenters. The number of rotatable bonds is 5. The fraction of sp³-hybridized carbons (Fsp3) is 0.917. The lowest BCUT2D eigenvalue weighted by molar-refractivity contribution is 0.337. The van der Waals surface area contributed by atoms with Crippen LogP contribution in [0.15, 0.2) is 0 Å². The summed E-state index contributed by atoms with van der Waals surface area (Å²) in [6, 6.07) is 3.33. The van der Waals surface area contributed by atoms with Gasteiger partial charge in [-0.1, -0.05) is 6.92 Å². The van der Waals surface area contributed by atoms with Gasteiger partial charge in [0.15, 0.2) is 0 Å². The molecule has 1 N–H and O–H groups in total. The normalized spacial score (nSPS) is 28.3. The van der Waals surface area contributed by atoms with Gasteiger partial charge in [0.25, 0.3) is 0 Å². The van der Waals surface area contributed by atoms with E-state index < -0.39 is 0 Å². The van der Waals surface area contributed by atoms with Gasteiger partial charge < -0.3 is 5.32 Å². The highest BCUT2D eigenvalue weighted by molar-refractivity contribution is 7.99. The maximum Gasteiger partial charge on any atom is 0.0638 e. The fourth-order valence-corrected chi connectivity index (χ4v) is 2.97. The van der Waals surface area contributed by atoms with Crippen LogP contribution in [-0.4, -0.2) is 23.6 Å². The third-order valence-electron chi connectivity index (χ3n) is 3.31. The van der Waals surface area contributed by atoms with Crippen LogP contribution in [-0.2, 0) is 0 Å². The lowest BCUT2D eigenvalue weighted by Gasteiger charge is -2.30. The molecule has 1 atom stereocenters. The topological polar surface area (TPSA) is 35.8 Å². The maximum absolute atomic E-state index is 8.68. The lowest BCUT2D eigenvalue weighted by atomic mass is 9.94. The summed E-state index contributed by atoms with van der Waals surface area (Å²) in [6.07, 6.45) is 9.17. The quantitative estimate of drug-likeness (QED) is 0.783. The Bertz CT molecular complexity index is 204. The molecule has 15 heavy (non-hydrogen) atoms. The predicted molar refractivity (Wildman–Crippen MR) is 67.0 cm³/mol. The highest BCUT2D eigenvalue weighted by atomic mass is 32.2. The Morgan fingerprint density at radius 3 is 2.53 bits per heavy atom. The van der Waals surface area contributed by atoms with E-state index in [4.69, 9.17) is 5.26 Å². The van der Waals surface area contributed by atoms with Crippen molar-refractivity contribution in [2.75, 3.05) is 6.26 Å². The smallest absolute Gasteiger partial charge is 0.0638 e. The largest absolute Gasteiger partial charge is 0.310 e. The van der Waals surface area contributed by atoms with Crippen molar-refractivity contribution < 1.29 is 0 Å². The van der Waals surface area contributed by atoms with E-state index in [-0.39, 0.29) is 0 Å². The summed E-state index contributed by atoms with van der Waals surface area (Å²) in [5.74, 6) is 0. The van der Waals surface area contributed by atoms with Crippen LogP contribution in [0.3, 0.4) is 0 Å². The standard InChI is InChI=1S/C12H22N2S/c1-3-10(8-9-13)14-11-4-6-12(15-2)7-5-11/h10-12,14H,3-8H2,1-2H3. The third-order valence-corrected chi connectivity index (χ3v) is 4.45. The number of hydrogen-bond donors (Lipinski definition) is 1. The third kappa shape index (κ3) is 4.44. The average molecular weight is 226 g/mol. The molecular formula is C12H22N2S. The van der Waals surface area contributed by atoms with Crippen molar-refractivity contribution in [3.05, 3.63) is 0 Å². The van der Waals surface area contributed by atoms with Gasteiger partial charge in [-0.25, -0.2) is 0 Å². The number of nitrogens with zero attached hydrogens (tertiary/aromatic N) is 1. The van der Waals surface area contributed by atoms with Crippen LogP contribution in [0.25, 0.3) is 0 Å². The second kappa shape index (κ2) is 7.14. The molecule has 0 aromatic rings. The average Bonchev–Trinajstić information content (AvgIpc) is 2.29. The number of hydrogen-bond acceptors (Lipinski definition) is 3. The van der Waals surface area contributed by atoms with Gasteiger partial charge in [0, 0.05) is 17.3 Å². The predicted octanol–water partition coefficient (Wildman–Crippen LogP) is 2.94. The maximum atomic E-state index is 8.68. The van der Waals surface area contributed by atoms with Crippen LogP contribution >= 0.6 is 11.8 Å². The van der Waals surface area contributed by atoms with Gasteiger partial charge in [0.05, 0.1) is 12.5 Å². The van der Waals surface area contributed by atoms with Crippen molar-refractivity contribution in [1.29, 1.82) is 5.26 Å². The van der Waals surface area contributed by atoms with Gasteiger partial charge in [0.1, 0.15) is 0 Å². The van der Waals surface area contributed by atoms with E-state index in [0.717, 1.165) is 11.7 Å². The van der Waals surface area contributed by atoms with E-state index in [1.165, 1.54) is 25.7 Å². The minimum absolute atomic E-state index is 0.408. The highest BCUT2D eigenvalue weighted by Crippen LogP contribution is 2.27. The van der Waals surface area contributed by atoms with E-state index in [9.17, 15) is 0 Å². The summed E-state index contributed by atoms with van der Waals surface area (Å²) in [6.45, 7) is 2.16. The Kier molecular flexibility index (Phi) is 6.12. The molecular weight excluding hydrogens is 204 g/mol. The van der Waals surface area contributed by atoms with Gasteiger partial charge in [-0.15, -0.1) is 0 Å². The first-order valence-electron chi connectivity index (χ1n) is 5.96. The molecule has 0 heterocycles. The monoisotopic (exact) mass is 226 g/mol. The van der Waals surface area contributed by atoms with Crippen LogP contribution < -0.4 is 5.32 Å². The van der Waals surface area contributed by atoms with Crippen molar-refractivity contribution >= 4 is 11.8 Å². The van der Waals surface area contributed by atoms with Crippen LogP contribution in [0.2, 0.25) is 0 Å². The minimum Gasteiger partial charge on any atom is -0.310 e. The summed E-state index contributed by atoms with van der Waals surface area (Å²) in [5.41, 5.74) is 0. The van der Waals surface area contributed by atoms with Gasteiger partial charge in [-0.05, 0) is 38.4 Å². The van der Waals surface area contributed by atoms with Gasteiger partial charge in [0.2, 0.25) is 0 Å². The van der Waals surface area contributed by atoms with E-state index in [2.05, 4.69) is 24.6 Å². The number of nitrogens with one attached hydrogen (secondary N) is 1. The molecule has 0 amide bonds. The van der Waals surface area contributed by atoms with Gasteiger partial charge >= 0.3 is 0 Å². The van der Waals surface area contributed by atoms with Crippen molar-refractivity contribution in [2.24, 2.45) is 0 Å². The van der Waals surface area contributed by atoms with Crippen molar-refractivity contribution in [3.8, 4) is 6.07 Å². The fourth-order valence-electron chi connectivity index (χ4n) is 2.23. The van der Waals surface area contributed by atoms with Crippen molar-refractivity contribution in [2.45, 2.75) is 62.8 Å². The van der Waals surface area contributed by atoms with Crippen LogP contribution in [0.5, 0.6) is 0 Å². The Labute approximate surface area is 97.8 Å². The first-order valence-corrected chi connectivity index (χ1v) is 7.24. The van der Waals surface area contributed by atoms with E-state index in [1.54, 1.807) is 0 Å². The molecule has 0 aromatic carbocycles. The Hall–Kier alpha value is -0.200. The molecule has 1 aliphatic rings. The zero-order chi connectivity index (χ0) is 11.1. The number of nitriles is 1. The Balaban J connectivity index is 2.25. The SMILES string of the molecule is CCC(CC#N)NC1CCC(SC)CC1. The second-order valence-electron chi connectivity index (χ2n) is 4.34. The van der Waals surface area contributed by atoms with Crippen molar-refractivity contribution in [3.63, 3.8) is 0 Å². The Morgan fingerprint density at radius 1 is 1.40 bits per heavy atom. The molecule has 0 aromatic heterocycles. The summed E-state index contributed by atoms with van der Waals surface area (Å²) in [7, 11) is 0. The van der Waals surface area contributed by atoms with Crippen LogP contribution in [0.1, 0.15) is 45.4 Å². The molecule has 0 aliphatic heterocycles. The molecule has 3 heteroatoms. The first-order chi connectivity index (χ1) is 7.30. The molecule has 0 radical (unpaired) electrons. The van der Waals surface area contributed by atoms with E-state index in [0.29, 0.717) is 18.5 Å². The second-order valence-corrected chi connectivity index (χ2v) is 5.48. The molecule has 0 bridgehead atoms. The molecule has 0 saturated heterocycles. The zero-order valence-corrected chi connectivity index (χ0v) is 10.6. The summed E-state index contributed by atoms with van der Waals surface area (Å²) >= 11 is 2.00. The minimum atomic E-state index is 0.408. The van der Waals surface area contributed by atoms with E-state index in [1.807, 2.05) is 11.8 Å². The first kappa shape index (κ1) is 12.9.